The van der Waals surface area contributed by atoms with Crippen LogP contribution in [0, 0.1) is 0 Å². The van der Waals surface area contributed by atoms with Gasteiger partial charge in [-0.05, 0) is 32.7 Å². The Kier molecular flexibility index (Phi) is 4.12. The van der Waals surface area contributed by atoms with Gasteiger partial charge in [0.25, 0.3) is 0 Å². The van der Waals surface area contributed by atoms with Crippen LogP contribution in [0.3, 0.4) is 0 Å². The zero-order valence-corrected chi connectivity index (χ0v) is 17.2. The van der Waals surface area contributed by atoms with E-state index >= 15 is 0 Å². The van der Waals surface area contributed by atoms with E-state index in [1.54, 1.807) is 0 Å². The van der Waals surface area contributed by atoms with E-state index in [0.29, 0.717) is 11.1 Å². The standard InChI is InChI=1S/C30H18O2/c31-29-25(19-11-3-1-4-12-19)27-23-17-9-7-15-21(23)22-16-8-10-18-24(22)28(27)26(30(29)32)20-13-5-2-6-14-20/h1-18H. The molecular weight excluding hydrogens is 392 g/mol. The van der Waals surface area contributed by atoms with E-state index in [4.69, 9.17) is 0 Å². The van der Waals surface area contributed by atoms with Gasteiger partial charge < -0.3 is 0 Å². The molecule has 0 bridgehead atoms. The maximum Gasteiger partial charge on any atom is 0.234 e. The molecule has 0 N–H and O–H groups in total. The highest BCUT2D eigenvalue weighted by molar-refractivity contribution is 6.66. The van der Waals surface area contributed by atoms with Gasteiger partial charge in [0.2, 0.25) is 11.6 Å². The van der Waals surface area contributed by atoms with Crippen LogP contribution in [-0.4, -0.2) is 11.6 Å². The third-order valence-electron chi connectivity index (χ3n) is 6.22. The molecule has 6 rings (SSSR count). The minimum Gasteiger partial charge on any atom is -0.285 e. The molecule has 0 unspecified atom stereocenters. The van der Waals surface area contributed by atoms with Crippen molar-refractivity contribution in [3.05, 3.63) is 131 Å². The first-order chi connectivity index (χ1) is 15.8. The molecular formula is C30H18O2. The largest absolute Gasteiger partial charge is 0.285 e. The maximum absolute atomic E-state index is 13.6. The summed E-state index contributed by atoms with van der Waals surface area (Å²) in [6.07, 6.45) is 0. The number of carbonyl (C=O) groups is 2. The number of benzene rings is 5. The molecule has 1 aliphatic rings. The summed E-state index contributed by atoms with van der Waals surface area (Å²) in [4.78, 5) is 27.3. The molecule has 0 heterocycles. The molecule has 2 nitrogen and oxygen atoms in total. The van der Waals surface area contributed by atoms with Gasteiger partial charge in [-0.3, -0.25) is 9.59 Å². The Bertz CT molecular complexity index is 1550. The molecule has 1 aliphatic carbocycles. The summed E-state index contributed by atoms with van der Waals surface area (Å²) in [6, 6.07) is 35.3. The van der Waals surface area contributed by atoms with Crippen molar-refractivity contribution in [3.8, 4) is 0 Å². The third kappa shape index (κ3) is 2.60. The van der Waals surface area contributed by atoms with Crippen LogP contribution in [0.1, 0.15) is 11.1 Å². The highest BCUT2D eigenvalue weighted by atomic mass is 16.2. The first-order valence-corrected chi connectivity index (χ1v) is 10.6. The van der Waals surface area contributed by atoms with E-state index in [1.807, 2.05) is 84.9 Å². The summed E-state index contributed by atoms with van der Waals surface area (Å²) < 4.78 is 0. The zero-order chi connectivity index (χ0) is 21.7. The smallest absolute Gasteiger partial charge is 0.234 e. The molecule has 0 radical (unpaired) electrons. The molecule has 5 aromatic rings. The lowest BCUT2D eigenvalue weighted by Crippen LogP contribution is -2.42. The lowest BCUT2D eigenvalue weighted by Gasteiger charge is -2.19. The summed E-state index contributed by atoms with van der Waals surface area (Å²) in [5.74, 6) is -0.911. The molecule has 0 amide bonds. The summed E-state index contributed by atoms with van der Waals surface area (Å²) in [6.45, 7) is 0. The van der Waals surface area contributed by atoms with Crippen molar-refractivity contribution >= 4 is 44.3 Å². The second kappa shape index (κ2) is 7.14. The van der Waals surface area contributed by atoms with Gasteiger partial charge in [0.15, 0.2) is 0 Å². The van der Waals surface area contributed by atoms with Crippen LogP contribution in [0.4, 0.5) is 0 Å². The molecule has 0 aromatic heterocycles. The van der Waals surface area contributed by atoms with Crippen LogP contribution in [0.15, 0.2) is 109 Å². The Morgan fingerprint density at radius 2 is 0.656 bits per heavy atom. The molecule has 0 fully saturated rings. The first-order valence-electron chi connectivity index (χ1n) is 10.6. The van der Waals surface area contributed by atoms with Gasteiger partial charge in [0, 0.05) is 21.6 Å². The summed E-state index contributed by atoms with van der Waals surface area (Å²) in [5, 5.41) is 5.79. The Morgan fingerprint density at radius 1 is 0.344 bits per heavy atom. The van der Waals surface area contributed by atoms with Crippen LogP contribution < -0.4 is 10.4 Å². The van der Waals surface area contributed by atoms with Crippen molar-refractivity contribution < 1.29 is 9.59 Å². The van der Waals surface area contributed by atoms with Crippen molar-refractivity contribution in [2.75, 3.05) is 0 Å². The van der Waals surface area contributed by atoms with E-state index < -0.39 is 11.6 Å². The fraction of sp³-hybridized carbons (Fsp3) is 0. The van der Waals surface area contributed by atoms with E-state index in [-0.39, 0.29) is 0 Å². The molecule has 5 aromatic carbocycles. The van der Waals surface area contributed by atoms with Gasteiger partial charge in [-0.15, -0.1) is 0 Å². The van der Waals surface area contributed by atoms with E-state index in [0.717, 1.165) is 43.1 Å². The Hall–Kier alpha value is -4.30. The van der Waals surface area contributed by atoms with Gasteiger partial charge in [-0.25, -0.2) is 0 Å². The summed E-state index contributed by atoms with van der Waals surface area (Å²) in [5.41, 5.74) is 2.48. The van der Waals surface area contributed by atoms with Crippen molar-refractivity contribution in [2.24, 2.45) is 0 Å². The van der Waals surface area contributed by atoms with Crippen molar-refractivity contribution in [1.82, 2.24) is 0 Å². The van der Waals surface area contributed by atoms with Gasteiger partial charge in [-0.1, -0.05) is 109 Å². The SMILES string of the molecule is O=C1C(=O)C(c2ccccc2)=c2c(c3ccccc3c3ccccc23)=C1c1ccccc1. The molecule has 2 heteroatoms. The van der Waals surface area contributed by atoms with E-state index in [9.17, 15) is 9.59 Å². The highest BCUT2D eigenvalue weighted by Crippen LogP contribution is 2.27. The average Bonchev–Trinajstić information content (AvgIpc) is 2.86. The quantitative estimate of drug-likeness (QED) is 0.316. The van der Waals surface area contributed by atoms with Gasteiger partial charge in [0.05, 0.1) is 0 Å². The van der Waals surface area contributed by atoms with Crippen LogP contribution in [0.2, 0.25) is 0 Å². The average molecular weight is 410 g/mol. The van der Waals surface area contributed by atoms with E-state index in [2.05, 4.69) is 24.3 Å². The highest BCUT2D eigenvalue weighted by Gasteiger charge is 2.31. The fourth-order valence-electron chi connectivity index (χ4n) is 4.88. The summed E-state index contributed by atoms with van der Waals surface area (Å²) >= 11 is 0. The molecule has 0 saturated heterocycles. The topological polar surface area (TPSA) is 34.1 Å². The number of hydrogen-bond acceptors (Lipinski definition) is 2. The predicted octanol–water partition coefficient (Wildman–Crippen LogP) is 4.54. The molecule has 150 valence electrons. The maximum atomic E-state index is 13.6. The molecule has 32 heavy (non-hydrogen) atoms. The number of rotatable bonds is 2. The Balaban J connectivity index is 2.03. The molecule has 0 spiro atoms. The second-order valence-corrected chi connectivity index (χ2v) is 7.98. The van der Waals surface area contributed by atoms with Gasteiger partial charge in [-0.2, -0.15) is 0 Å². The second-order valence-electron chi connectivity index (χ2n) is 7.98. The van der Waals surface area contributed by atoms with Crippen LogP contribution in [0.25, 0.3) is 32.7 Å². The lowest BCUT2D eigenvalue weighted by molar-refractivity contribution is -0.129. The van der Waals surface area contributed by atoms with Gasteiger partial charge in [0.1, 0.15) is 0 Å². The number of Topliss-reactive ketones (excluding diaryl/α,β-unsaturated/α-hetero) is 2. The van der Waals surface area contributed by atoms with Crippen molar-refractivity contribution in [3.63, 3.8) is 0 Å². The van der Waals surface area contributed by atoms with Crippen molar-refractivity contribution in [1.29, 1.82) is 0 Å². The normalized spacial score (nSPS) is 13.6. The van der Waals surface area contributed by atoms with Gasteiger partial charge >= 0.3 is 0 Å². The zero-order valence-electron chi connectivity index (χ0n) is 17.2. The Morgan fingerprint density at radius 3 is 1.03 bits per heavy atom. The third-order valence-corrected chi connectivity index (χ3v) is 6.22. The minimum absolute atomic E-state index is 0.456. The number of hydrogen-bond donors (Lipinski definition) is 0. The van der Waals surface area contributed by atoms with Crippen molar-refractivity contribution in [2.45, 2.75) is 0 Å². The van der Waals surface area contributed by atoms with Crippen LogP contribution in [0.5, 0.6) is 0 Å². The van der Waals surface area contributed by atoms with Crippen LogP contribution >= 0.6 is 0 Å². The predicted molar refractivity (Wildman–Crippen MR) is 129 cm³/mol. The lowest BCUT2D eigenvalue weighted by atomic mass is 9.81. The fourth-order valence-corrected chi connectivity index (χ4v) is 4.88. The number of ketones is 2. The Labute approximate surface area is 184 Å². The molecule has 0 aliphatic heterocycles. The minimum atomic E-state index is -0.456. The number of fused-ring (bicyclic) bond motifs is 6. The van der Waals surface area contributed by atoms with Crippen LogP contribution in [-0.2, 0) is 9.59 Å². The monoisotopic (exact) mass is 410 g/mol. The first kappa shape index (κ1) is 18.5. The molecule has 0 saturated carbocycles. The number of carbonyl (C=O) groups excluding carboxylic acids is 2. The summed E-state index contributed by atoms with van der Waals surface area (Å²) in [7, 11) is 0. The van der Waals surface area contributed by atoms with E-state index in [1.165, 1.54) is 0 Å². The molecule has 0 atom stereocenters.